The lowest BCUT2D eigenvalue weighted by Gasteiger charge is -2.11. The molecular weight excluding hydrogens is 270 g/mol. The number of benzene rings is 3. The maximum absolute atomic E-state index is 11.3. The van der Waals surface area contributed by atoms with E-state index in [2.05, 4.69) is 0 Å². The lowest BCUT2D eigenvalue weighted by Crippen LogP contribution is -2.11. The van der Waals surface area contributed by atoms with Crippen LogP contribution in [-0.4, -0.2) is 22.2 Å². The summed E-state index contributed by atoms with van der Waals surface area (Å²) >= 11 is 0. The minimum absolute atomic E-state index is 0.0249. The van der Waals surface area contributed by atoms with Crippen LogP contribution >= 0.6 is 0 Å². The Hall–Kier alpha value is -3.08. The van der Waals surface area contributed by atoms with E-state index in [-0.39, 0.29) is 16.8 Å². The summed E-state index contributed by atoms with van der Waals surface area (Å²) in [5.41, 5.74) is 5.21. The fourth-order valence-electron chi connectivity index (χ4n) is 2.52. The number of fused-ring (bicyclic) bond motifs is 2. The van der Waals surface area contributed by atoms with Crippen molar-refractivity contribution in [1.29, 1.82) is 0 Å². The topological polar surface area (TPSA) is 101 Å². The molecule has 0 aliphatic heterocycles. The van der Waals surface area contributed by atoms with E-state index in [4.69, 9.17) is 5.73 Å². The van der Waals surface area contributed by atoms with Gasteiger partial charge in [0.1, 0.15) is 0 Å². The van der Waals surface area contributed by atoms with Gasteiger partial charge in [-0.3, -0.25) is 0 Å². The highest BCUT2D eigenvalue weighted by Gasteiger charge is 2.21. The number of carboxylic acids is 2. The zero-order chi connectivity index (χ0) is 15.1. The van der Waals surface area contributed by atoms with E-state index >= 15 is 0 Å². The molecule has 5 heteroatoms. The Bertz CT molecular complexity index is 915. The third-order valence-electron chi connectivity index (χ3n) is 3.49. The fraction of sp³-hybridized carbons (Fsp3) is 0. The van der Waals surface area contributed by atoms with Crippen molar-refractivity contribution in [2.75, 3.05) is 5.73 Å². The Balaban J connectivity index is 2.50. The van der Waals surface area contributed by atoms with Crippen LogP contribution in [0.1, 0.15) is 20.7 Å². The van der Waals surface area contributed by atoms with Gasteiger partial charge < -0.3 is 15.9 Å². The number of nitrogen functional groups attached to an aromatic ring is 1. The van der Waals surface area contributed by atoms with Gasteiger partial charge in [0.25, 0.3) is 0 Å². The van der Waals surface area contributed by atoms with Gasteiger partial charge in [-0.15, -0.1) is 0 Å². The van der Waals surface area contributed by atoms with Crippen molar-refractivity contribution >= 4 is 39.2 Å². The van der Waals surface area contributed by atoms with Crippen LogP contribution in [0.3, 0.4) is 0 Å². The van der Waals surface area contributed by atoms with Crippen molar-refractivity contribution in [3.8, 4) is 0 Å². The molecule has 0 amide bonds. The number of nitrogens with two attached hydrogens (primary N) is 1. The van der Waals surface area contributed by atoms with Crippen LogP contribution in [0.25, 0.3) is 21.5 Å². The lowest BCUT2D eigenvalue weighted by molar-refractivity contribution is 0.0652. The van der Waals surface area contributed by atoms with Gasteiger partial charge in [-0.1, -0.05) is 24.3 Å². The molecule has 0 aromatic heterocycles. The third-order valence-corrected chi connectivity index (χ3v) is 3.49. The summed E-state index contributed by atoms with van der Waals surface area (Å²) in [5, 5.41) is 21.4. The number of anilines is 1. The quantitative estimate of drug-likeness (QED) is 0.495. The standard InChI is InChI=1S/C16H11NO4/c17-14-11-6-9-4-2-1-3-8(9)5-10(11)7-12(15(18)19)13(14)16(20)21/h1-7H,17H2,(H,18,19)(H,20,21). The molecule has 4 N–H and O–H groups in total. The second-order valence-corrected chi connectivity index (χ2v) is 4.74. The summed E-state index contributed by atoms with van der Waals surface area (Å²) in [4.78, 5) is 22.6. The lowest BCUT2D eigenvalue weighted by atomic mass is 9.95. The number of hydrogen-bond acceptors (Lipinski definition) is 3. The van der Waals surface area contributed by atoms with Crippen LogP contribution < -0.4 is 5.73 Å². The monoisotopic (exact) mass is 281 g/mol. The number of carbonyl (C=O) groups is 2. The molecular formula is C16H11NO4. The first-order valence-electron chi connectivity index (χ1n) is 6.20. The van der Waals surface area contributed by atoms with Gasteiger partial charge in [-0.05, 0) is 34.4 Å². The predicted octanol–water partition coefficient (Wildman–Crippen LogP) is 2.97. The van der Waals surface area contributed by atoms with E-state index < -0.39 is 11.9 Å². The van der Waals surface area contributed by atoms with E-state index in [1.165, 1.54) is 6.07 Å². The van der Waals surface area contributed by atoms with Crippen LogP contribution in [0, 0.1) is 0 Å². The van der Waals surface area contributed by atoms with Gasteiger partial charge in [0.05, 0.1) is 16.8 Å². The number of hydrogen-bond donors (Lipinski definition) is 3. The van der Waals surface area contributed by atoms with Gasteiger partial charge >= 0.3 is 11.9 Å². The Kier molecular flexibility index (Phi) is 2.76. The van der Waals surface area contributed by atoms with E-state index in [1.54, 1.807) is 12.1 Å². The summed E-state index contributed by atoms with van der Waals surface area (Å²) < 4.78 is 0. The van der Waals surface area contributed by atoms with Gasteiger partial charge in [0.15, 0.2) is 0 Å². The molecule has 0 saturated carbocycles. The highest BCUT2D eigenvalue weighted by molar-refractivity contribution is 6.15. The summed E-state index contributed by atoms with van der Waals surface area (Å²) in [5.74, 6) is -2.66. The molecule has 0 saturated heterocycles. The van der Waals surface area contributed by atoms with Gasteiger partial charge in [0, 0.05) is 5.39 Å². The Morgan fingerprint density at radius 2 is 1.48 bits per heavy atom. The molecule has 5 nitrogen and oxygen atoms in total. The molecule has 0 radical (unpaired) electrons. The second kappa shape index (κ2) is 4.49. The molecule has 0 aliphatic carbocycles. The Labute approximate surface area is 119 Å². The van der Waals surface area contributed by atoms with Gasteiger partial charge in [-0.25, -0.2) is 9.59 Å². The molecule has 21 heavy (non-hydrogen) atoms. The third kappa shape index (κ3) is 1.95. The van der Waals surface area contributed by atoms with E-state index in [9.17, 15) is 19.8 Å². The fourth-order valence-corrected chi connectivity index (χ4v) is 2.52. The zero-order valence-electron chi connectivity index (χ0n) is 10.8. The first kappa shape index (κ1) is 12.9. The van der Waals surface area contributed by atoms with Crippen molar-refractivity contribution in [3.63, 3.8) is 0 Å². The smallest absolute Gasteiger partial charge is 0.338 e. The number of carboxylic acid groups (broad SMARTS) is 2. The first-order valence-corrected chi connectivity index (χ1v) is 6.20. The average molecular weight is 281 g/mol. The van der Waals surface area contributed by atoms with Crippen molar-refractivity contribution in [1.82, 2.24) is 0 Å². The highest BCUT2D eigenvalue weighted by atomic mass is 16.4. The summed E-state index contributed by atoms with van der Waals surface area (Å²) in [6.07, 6.45) is 0. The first-order chi connectivity index (χ1) is 9.99. The molecule has 3 aromatic rings. The molecule has 0 fully saturated rings. The van der Waals surface area contributed by atoms with Crippen molar-refractivity contribution in [2.24, 2.45) is 0 Å². The van der Waals surface area contributed by atoms with Crippen molar-refractivity contribution in [3.05, 3.63) is 53.6 Å². The molecule has 0 atom stereocenters. The average Bonchev–Trinajstić information content (AvgIpc) is 2.44. The molecule has 104 valence electrons. The van der Waals surface area contributed by atoms with Gasteiger partial charge in [0.2, 0.25) is 0 Å². The molecule has 0 unspecified atom stereocenters. The molecule has 0 bridgehead atoms. The maximum Gasteiger partial charge on any atom is 0.338 e. The van der Waals surface area contributed by atoms with Crippen LogP contribution in [0.15, 0.2) is 42.5 Å². The van der Waals surface area contributed by atoms with Crippen LogP contribution in [0.5, 0.6) is 0 Å². The highest BCUT2D eigenvalue weighted by Crippen LogP contribution is 2.32. The normalized spacial score (nSPS) is 10.9. The van der Waals surface area contributed by atoms with Crippen LogP contribution in [0.2, 0.25) is 0 Å². The van der Waals surface area contributed by atoms with E-state index in [0.717, 1.165) is 10.8 Å². The largest absolute Gasteiger partial charge is 0.478 e. The second-order valence-electron chi connectivity index (χ2n) is 4.74. The minimum atomic E-state index is -1.35. The summed E-state index contributed by atoms with van der Waals surface area (Å²) in [7, 11) is 0. The zero-order valence-corrected chi connectivity index (χ0v) is 10.8. The molecule has 0 heterocycles. The SMILES string of the molecule is Nc1c(C(=O)O)c(C(=O)O)cc2cc3ccccc3cc12. The summed E-state index contributed by atoms with van der Waals surface area (Å²) in [6.45, 7) is 0. The predicted molar refractivity (Wildman–Crippen MR) is 79.8 cm³/mol. The maximum atomic E-state index is 11.3. The minimum Gasteiger partial charge on any atom is -0.478 e. The molecule has 3 aromatic carbocycles. The van der Waals surface area contributed by atoms with Crippen molar-refractivity contribution < 1.29 is 19.8 Å². The molecule has 0 spiro atoms. The van der Waals surface area contributed by atoms with Gasteiger partial charge in [-0.2, -0.15) is 0 Å². The van der Waals surface area contributed by atoms with E-state index in [1.807, 2.05) is 24.3 Å². The van der Waals surface area contributed by atoms with Crippen molar-refractivity contribution in [2.45, 2.75) is 0 Å². The summed E-state index contributed by atoms with van der Waals surface area (Å²) in [6, 6.07) is 12.5. The van der Waals surface area contributed by atoms with Crippen LogP contribution in [-0.2, 0) is 0 Å². The Morgan fingerprint density at radius 1 is 0.857 bits per heavy atom. The number of aromatic carboxylic acids is 2. The van der Waals surface area contributed by atoms with Crippen LogP contribution in [0.4, 0.5) is 5.69 Å². The molecule has 0 aliphatic rings. The Morgan fingerprint density at radius 3 is 2.05 bits per heavy atom. The van der Waals surface area contributed by atoms with E-state index in [0.29, 0.717) is 10.8 Å². The molecule has 3 rings (SSSR count). The number of rotatable bonds is 2.